The second-order valence-corrected chi connectivity index (χ2v) is 33.5. The molecule has 2 saturated carbocycles. The quantitative estimate of drug-likeness (QED) is 0.0167. The zero-order valence-electron chi connectivity index (χ0n) is 73.5. The van der Waals surface area contributed by atoms with Gasteiger partial charge >= 0.3 is 35.8 Å². The highest BCUT2D eigenvalue weighted by molar-refractivity contribution is 5.88. The van der Waals surface area contributed by atoms with E-state index in [4.69, 9.17) is 18.9 Å². The number of rotatable bonds is 67. The van der Waals surface area contributed by atoms with Gasteiger partial charge in [0, 0.05) is 76.0 Å². The van der Waals surface area contributed by atoms with Crippen LogP contribution in [0.3, 0.4) is 0 Å². The summed E-state index contributed by atoms with van der Waals surface area (Å²) in [6, 6.07) is 13.7. The Bertz CT molecular complexity index is 3340. The summed E-state index contributed by atoms with van der Waals surface area (Å²) in [7, 11) is 3.67. The van der Waals surface area contributed by atoms with Gasteiger partial charge in [-0.05, 0) is 218 Å². The first-order valence-corrected chi connectivity index (χ1v) is 44.9. The fraction of sp³-hybridized carbons (Fsp3) is 0.717. The number of carboxylic acid groups (broad SMARTS) is 2. The SMILES string of the molecule is CNCCCCC(NC(=O)CCCCC(=O)NC(Cc1ccccc1)C(=O)O[C@@H]1CCC2C1CC[C@@H]2OC(=O)C(Cc1ccccc1)NC(=O)CCCCC(C)=O)C(=O)O.CNCCCCC(NC(=O)CCCCCCCCC(=O)NC(CC(C)C)C(=O)OCCCCCCOC(=O)C(CC(C)C)NC(=O)CCCCCCCCC(C)=O)C(=O)O. The first-order valence-electron chi connectivity index (χ1n) is 44.9. The Morgan fingerprint density at radius 3 is 0.908 bits per heavy atom. The molecule has 28 heteroatoms. The molecule has 2 fully saturated rings. The highest BCUT2D eigenvalue weighted by Crippen LogP contribution is 2.47. The van der Waals surface area contributed by atoms with Crippen LogP contribution in [0.1, 0.15) is 310 Å². The van der Waals surface area contributed by atoms with Gasteiger partial charge < -0.3 is 81.3 Å². The van der Waals surface area contributed by atoms with Crippen LogP contribution in [-0.4, -0.2) is 182 Å². The first kappa shape index (κ1) is 106. The van der Waals surface area contributed by atoms with Gasteiger partial charge in [-0.3, -0.25) is 28.8 Å². The van der Waals surface area contributed by atoms with E-state index < -0.39 is 84.3 Å². The number of ether oxygens (including phenoxy) is 4. The highest BCUT2D eigenvalue weighted by atomic mass is 16.6. The number of hydrogen-bond acceptors (Lipinski definition) is 20. The van der Waals surface area contributed by atoms with E-state index in [0.717, 1.165) is 121 Å². The van der Waals surface area contributed by atoms with E-state index in [9.17, 15) is 77.3 Å². The Morgan fingerprint density at radius 1 is 0.333 bits per heavy atom. The Labute approximate surface area is 713 Å². The van der Waals surface area contributed by atoms with Crippen LogP contribution in [0.5, 0.6) is 0 Å². The molecule has 0 aliphatic heterocycles. The highest BCUT2D eigenvalue weighted by Gasteiger charge is 2.49. The van der Waals surface area contributed by atoms with E-state index in [2.05, 4.69) is 42.5 Å². The number of carboxylic acids is 2. The molecule has 2 aliphatic carbocycles. The molecular formula is C92H148N8O20. The third-order valence-corrected chi connectivity index (χ3v) is 21.7. The molecule has 10 N–H and O–H groups in total. The Hall–Kier alpha value is -8.66. The molecule has 120 heavy (non-hydrogen) atoms. The molecule has 0 spiro atoms. The minimum Gasteiger partial charge on any atom is -0.480 e. The zero-order valence-corrected chi connectivity index (χ0v) is 73.5. The van der Waals surface area contributed by atoms with Gasteiger partial charge in [0.2, 0.25) is 35.4 Å². The summed E-state index contributed by atoms with van der Waals surface area (Å²) < 4.78 is 23.3. The van der Waals surface area contributed by atoms with E-state index in [0.29, 0.717) is 141 Å². The summed E-state index contributed by atoms with van der Waals surface area (Å²) in [4.78, 5) is 174. The number of esters is 4. The predicted molar refractivity (Wildman–Crippen MR) is 459 cm³/mol. The number of unbranched alkanes of at least 4 members (excludes halogenated alkanes) is 17. The molecule has 0 aromatic heterocycles. The van der Waals surface area contributed by atoms with Crippen LogP contribution in [0.25, 0.3) is 0 Å². The first-order chi connectivity index (χ1) is 57.6. The molecule has 2 aromatic carbocycles. The lowest BCUT2D eigenvalue weighted by molar-refractivity contribution is -0.157. The van der Waals surface area contributed by atoms with E-state index in [1.165, 1.54) is 6.92 Å². The van der Waals surface area contributed by atoms with Crippen molar-refractivity contribution in [1.82, 2.24) is 42.5 Å². The lowest BCUT2D eigenvalue weighted by Crippen LogP contribution is -2.45. The van der Waals surface area contributed by atoms with Crippen LogP contribution in [0.15, 0.2) is 60.7 Å². The summed E-state index contributed by atoms with van der Waals surface area (Å²) >= 11 is 0. The molecule has 0 heterocycles. The number of carbonyl (C=O) groups excluding carboxylic acids is 12. The van der Waals surface area contributed by atoms with Gasteiger partial charge in [-0.2, -0.15) is 0 Å². The number of carbonyl (C=O) groups is 14. The predicted octanol–water partition coefficient (Wildman–Crippen LogP) is 12.2. The van der Waals surface area contributed by atoms with Crippen LogP contribution in [0.4, 0.5) is 0 Å². The molecule has 0 radical (unpaired) electrons. The average Bonchev–Trinajstić information content (AvgIpc) is 1.65. The molecule has 8 unspecified atom stereocenters. The smallest absolute Gasteiger partial charge is 0.329 e. The van der Waals surface area contributed by atoms with Crippen molar-refractivity contribution in [2.45, 2.75) is 360 Å². The number of nitrogens with one attached hydrogen (secondary N) is 8. The van der Waals surface area contributed by atoms with Gasteiger partial charge in [0.1, 0.15) is 60.0 Å². The maximum atomic E-state index is 13.8. The van der Waals surface area contributed by atoms with Crippen molar-refractivity contribution in [3.63, 3.8) is 0 Å². The minimum absolute atomic E-state index is 0.0186. The maximum Gasteiger partial charge on any atom is 0.329 e. The minimum atomic E-state index is -1.08. The fourth-order valence-corrected chi connectivity index (χ4v) is 15.1. The normalized spacial score (nSPS) is 16.1. The Kier molecular flexibility index (Phi) is 56.5. The largest absolute Gasteiger partial charge is 0.480 e. The van der Waals surface area contributed by atoms with Crippen molar-refractivity contribution in [3.8, 4) is 0 Å². The van der Waals surface area contributed by atoms with Crippen molar-refractivity contribution in [2.75, 3.05) is 40.4 Å². The molecule has 2 aliphatic rings. The second kappa shape index (κ2) is 64.2. The summed E-state index contributed by atoms with van der Waals surface area (Å²) in [5.41, 5.74) is 1.73. The molecule has 6 amide bonds. The van der Waals surface area contributed by atoms with Gasteiger partial charge in [0.05, 0.1) is 13.2 Å². The van der Waals surface area contributed by atoms with Crippen LogP contribution in [-0.2, 0) is 98.9 Å². The summed E-state index contributed by atoms with van der Waals surface area (Å²) in [5.74, 6) is -4.88. The third kappa shape index (κ3) is 49.9. The molecule has 0 bridgehead atoms. The molecule has 10 atom stereocenters. The number of amides is 6. The summed E-state index contributed by atoms with van der Waals surface area (Å²) in [6.45, 7) is 13.2. The van der Waals surface area contributed by atoms with Crippen LogP contribution < -0.4 is 42.5 Å². The standard InChI is InChI=1S/C46H64N4O10.C46H84N4O10/c1-31(51)15-9-10-21-42(53)49-37(29-32-16-5-3-6-17-32)45(57)59-39-26-24-35-34(39)25-27-40(35)60-46(58)38(30-33-18-7-4-8-19-33)50-43(54)23-12-11-22-41(52)48-36(44(55)56)20-13-14-28-47-2;1-35(2)33-39(49-42(53)28-19-12-8-7-11-17-25-37(5)51)45(57)59-31-23-15-16-24-32-60-46(58)40(34-36(3)4)50-43(54)29-20-14-10-9-13-18-27-41(52)48-38(44(55)56)26-21-22-30-47-6/h3-8,16-19,34-40,47H,9-15,20-30H2,1-2H3,(H,48,52)(H,49,53)(H,50,54)(H,55,56);35-36,38-40,47H,7-34H2,1-6H3,(H,48,52)(H,49,53)(H,50,54)(H,55,56)/t34?,35?,36?,37?,38?,39-,40+;/m0./s1. The average molecular weight is 1690 g/mol. The molecule has 2 aromatic rings. The summed E-state index contributed by atoms with van der Waals surface area (Å²) in [6.07, 6.45) is 24.8. The van der Waals surface area contributed by atoms with E-state index in [1.54, 1.807) is 6.92 Å². The second-order valence-electron chi connectivity index (χ2n) is 33.5. The number of Topliss-reactive ketones (excluding diaryl/α,β-unsaturated/α-hetero) is 2. The monoisotopic (exact) mass is 1690 g/mol. The topological polar surface area (TPSA) is 413 Å². The molecule has 4 rings (SSSR count). The van der Waals surface area contributed by atoms with Crippen molar-refractivity contribution >= 4 is 82.8 Å². The fourth-order valence-electron chi connectivity index (χ4n) is 15.1. The van der Waals surface area contributed by atoms with E-state index in [1.807, 2.05) is 102 Å². The van der Waals surface area contributed by atoms with Crippen LogP contribution >= 0.6 is 0 Å². The lowest BCUT2D eigenvalue weighted by Gasteiger charge is -2.25. The van der Waals surface area contributed by atoms with E-state index in [-0.39, 0.29) is 116 Å². The van der Waals surface area contributed by atoms with Crippen molar-refractivity contribution in [1.29, 1.82) is 0 Å². The van der Waals surface area contributed by atoms with Crippen molar-refractivity contribution in [2.24, 2.45) is 23.7 Å². The molecule has 0 saturated heterocycles. The maximum absolute atomic E-state index is 13.8. The Morgan fingerprint density at radius 2 is 0.608 bits per heavy atom. The summed E-state index contributed by atoms with van der Waals surface area (Å²) in [5, 5.41) is 41.6. The van der Waals surface area contributed by atoms with Crippen molar-refractivity contribution < 1.29 is 96.3 Å². The zero-order chi connectivity index (χ0) is 88.2. The molecule has 28 nitrogen and oxygen atoms in total. The van der Waals surface area contributed by atoms with Gasteiger partial charge in [0.15, 0.2) is 0 Å². The van der Waals surface area contributed by atoms with Gasteiger partial charge in [0.25, 0.3) is 0 Å². The molecular weight excluding hydrogens is 1540 g/mol. The van der Waals surface area contributed by atoms with Gasteiger partial charge in [-0.25, -0.2) is 28.8 Å². The number of fused-ring (bicyclic) bond motifs is 1. The van der Waals surface area contributed by atoms with Gasteiger partial charge in [-0.15, -0.1) is 0 Å². The van der Waals surface area contributed by atoms with Crippen LogP contribution in [0.2, 0.25) is 0 Å². The number of benzene rings is 2. The van der Waals surface area contributed by atoms with E-state index >= 15 is 0 Å². The number of ketones is 2. The van der Waals surface area contributed by atoms with Crippen LogP contribution in [0, 0.1) is 23.7 Å². The number of aliphatic carboxylic acids is 2. The van der Waals surface area contributed by atoms with Crippen molar-refractivity contribution in [3.05, 3.63) is 71.8 Å². The molecule has 676 valence electrons. The third-order valence-electron chi connectivity index (χ3n) is 21.7. The number of hydrogen-bond donors (Lipinski definition) is 10. The lowest BCUT2D eigenvalue weighted by atomic mass is 9.97. The van der Waals surface area contributed by atoms with Gasteiger partial charge in [-0.1, -0.05) is 140 Å². The Balaban J connectivity index is 0.000000620.